The summed E-state index contributed by atoms with van der Waals surface area (Å²) in [5, 5.41) is 0. The number of alkyl halides is 1. The van der Waals surface area contributed by atoms with E-state index in [1.54, 1.807) is 21.3 Å². The van der Waals surface area contributed by atoms with Gasteiger partial charge in [0.15, 0.2) is 0 Å². The Morgan fingerprint density at radius 3 is 1.95 bits per heavy atom. The minimum atomic E-state index is -2.89. The fourth-order valence-corrected chi connectivity index (χ4v) is 11.0. The van der Waals surface area contributed by atoms with Crippen molar-refractivity contribution < 1.29 is 38.9 Å². The van der Waals surface area contributed by atoms with E-state index in [0.29, 0.717) is 19.8 Å². The summed E-state index contributed by atoms with van der Waals surface area (Å²) >= 11 is -2.89. The molecule has 0 aliphatic rings. The fourth-order valence-electron chi connectivity index (χ4n) is 1.58. The molecular formula is C14H30IO5S-. The van der Waals surface area contributed by atoms with Gasteiger partial charge in [0.1, 0.15) is 0 Å². The van der Waals surface area contributed by atoms with Crippen LogP contribution in [-0.2, 0) is 21.5 Å². The Balaban J connectivity index is 4.89. The molecule has 0 aromatic carbocycles. The molecule has 0 rings (SSSR count). The van der Waals surface area contributed by atoms with Crippen LogP contribution < -0.4 is 17.5 Å². The molecule has 0 aliphatic carbocycles. The van der Waals surface area contributed by atoms with E-state index >= 15 is 0 Å². The molecule has 0 saturated heterocycles. The second-order valence-corrected chi connectivity index (χ2v) is 16.0. The van der Waals surface area contributed by atoms with Crippen LogP contribution in [0.2, 0.25) is 0 Å². The number of ether oxygens (including phenoxy) is 3. The Morgan fingerprint density at radius 2 is 1.48 bits per heavy atom. The quantitative estimate of drug-likeness (QED) is 0.228. The summed E-state index contributed by atoms with van der Waals surface area (Å²) in [5.74, 6) is 0. The summed E-state index contributed by atoms with van der Waals surface area (Å²) in [5.41, 5.74) is 0. The zero-order valence-corrected chi connectivity index (χ0v) is 16.9. The van der Waals surface area contributed by atoms with E-state index in [0.717, 1.165) is 0 Å². The third kappa shape index (κ3) is 8.15. The third-order valence-corrected chi connectivity index (χ3v) is 15.0. The van der Waals surface area contributed by atoms with Gasteiger partial charge >= 0.3 is 137 Å². The van der Waals surface area contributed by atoms with Gasteiger partial charge in [0.05, 0.1) is 0 Å². The molecule has 130 valence electrons. The van der Waals surface area contributed by atoms with Crippen LogP contribution in [0.25, 0.3) is 0 Å². The van der Waals surface area contributed by atoms with Crippen molar-refractivity contribution >= 4 is 9.21 Å². The molecule has 1 unspecified atom stereocenters. The van der Waals surface area contributed by atoms with Gasteiger partial charge in [-0.1, -0.05) is 0 Å². The van der Waals surface area contributed by atoms with Crippen LogP contribution in [0.3, 0.4) is 0 Å². The van der Waals surface area contributed by atoms with E-state index in [9.17, 15) is 0 Å². The third-order valence-electron chi connectivity index (χ3n) is 2.52. The van der Waals surface area contributed by atoms with E-state index < -0.39 is 17.5 Å². The van der Waals surface area contributed by atoms with E-state index in [4.69, 9.17) is 21.5 Å². The van der Waals surface area contributed by atoms with Gasteiger partial charge in [-0.2, -0.15) is 0 Å². The molecule has 7 heteroatoms. The zero-order chi connectivity index (χ0) is 16.3. The summed E-state index contributed by atoms with van der Waals surface area (Å²) in [7, 11) is 6.48. The van der Waals surface area contributed by atoms with Crippen molar-refractivity contribution in [2.75, 3.05) is 41.2 Å². The summed E-state index contributed by atoms with van der Waals surface area (Å²) in [4.78, 5) is 0. The van der Waals surface area contributed by atoms with Gasteiger partial charge in [-0.25, -0.2) is 0 Å². The normalized spacial score (nSPS) is 20.3. The monoisotopic (exact) mass is 437 g/mol. The van der Waals surface area contributed by atoms with Crippen LogP contribution in [-0.4, -0.2) is 57.3 Å². The van der Waals surface area contributed by atoms with Gasteiger partial charge in [-0.3, -0.25) is 0 Å². The van der Waals surface area contributed by atoms with Crippen molar-refractivity contribution in [2.45, 2.75) is 36.9 Å². The fraction of sp³-hybridized carbons (Fsp3) is 0.857. The van der Waals surface area contributed by atoms with E-state index in [1.165, 1.54) is 9.21 Å². The predicted molar refractivity (Wildman–Crippen MR) is 84.0 cm³/mol. The van der Waals surface area contributed by atoms with Crippen LogP contribution in [0.5, 0.6) is 0 Å². The molecule has 0 saturated carbocycles. The number of rotatable bonds is 13. The van der Waals surface area contributed by atoms with Gasteiger partial charge in [0.25, 0.3) is 0 Å². The first kappa shape index (κ1) is 21.6. The van der Waals surface area contributed by atoms with Gasteiger partial charge in [-0.15, -0.1) is 0 Å². The van der Waals surface area contributed by atoms with Crippen molar-refractivity contribution in [1.29, 1.82) is 0 Å². The minimum absolute atomic E-state index is 0.000925. The molecule has 21 heavy (non-hydrogen) atoms. The van der Waals surface area contributed by atoms with Crippen molar-refractivity contribution in [3.63, 3.8) is 0 Å². The van der Waals surface area contributed by atoms with Gasteiger partial charge < -0.3 is 0 Å². The Hall–Kier alpha value is 0.620. The molecule has 0 heterocycles. The Kier molecular flexibility index (Phi) is 12.4. The summed E-state index contributed by atoms with van der Waals surface area (Å²) < 4.78 is 30.0. The van der Waals surface area contributed by atoms with Crippen molar-refractivity contribution in [3.05, 3.63) is 10.7 Å². The first-order valence-corrected chi connectivity index (χ1v) is 13.5. The average molecular weight is 437 g/mol. The van der Waals surface area contributed by atoms with Gasteiger partial charge in [0, 0.05) is 0 Å². The van der Waals surface area contributed by atoms with Gasteiger partial charge in [-0.05, 0) is 0 Å². The van der Waals surface area contributed by atoms with E-state index in [-0.39, 0.29) is 16.1 Å². The molecule has 0 radical (unpaired) electrons. The topological polar surface area (TPSA) is 46.2 Å². The van der Waals surface area contributed by atoms with Gasteiger partial charge in [0.2, 0.25) is 0 Å². The average Bonchev–Trinajstić information content (AvgIpc) is 2.44. The van der Waals surface area contributed by atoms with Crippen LogP contribution in [0, 0.1) is 0 Å². The summed E-state index contributed by atoms with van der Waals surface area (Å²) in [6, 6.07) is 0. The van der Waals surface area contributed by atoms with E-state index in [1.807, 2.05) is 17.9 Å². The van der Waals surface area contributed by atoms with Crippen LogP contribution in [0.4, 0.5) is 0 Å². The van der Waals surface area contributed by atoms with Crippen molar-refractivity contribution in [2.24, 2.45) is 0 Å². The maximum atomic E-state index is 6.32. The molecule has 0 aliphatic heterocycles. The Morgan fingerprint density at radius 1 is 0.952 bits per heavy atom. The molecule has 0 aromatic rings. The number of halogens is 1. The molecule has 0 amide bonds. The summed E-state index contributed by atoms with van der Waals surface area (Å²) in [6.45, 7) is 11.8. The standard InChI is InChI=1S/C14H30IO5S/c1-8-15(12(2)9-16-5,19-13(3)10-17-6)21-20-14(4)11-18-7/h8,12-14H,1,9-11H2,2-7H3/q-1/t12-,13-,14+/m1/s1. The zero-order valence-electron chi connectivity index (χ0n) is 14.0. The first-order valence-electron chi connectivity index (χ1n) is 6.84. The molecule has 4 atom stereocenters. The SMILES string of the molecule is C=C[I-](O[C@H](C)COC)(SO[C@@H](C)COC)[C@H](C)COC. The summed E-state index contributed by atoms with van der Waals surface area (Å²) in [6.07, 6.45) is -0.00321. The van der Waals surface area contributed by atoms with Crippen LogP contribution in [0.15, 0.2) is 10.7 Å². The molecule has 5 nitrogen and oxygen atoms in total. The molecule has 0 aromatic heterocycles. The first-order chi connectivity index (χ1) is 9.95. The second kappa shape index (κ2) is 12.1. The maximum absolute atomic E-state index is 6.32. The number of hydrogen-bond acceptors (Lipinski definition) is 6. The molecule has 0 spiro atoms. The Labute approximate surface area is 136 Å². The number of hydrogen-bond donors (Lipinski definition) is 0. The molecular weight excluding hydrogens is 407 g/mol. The van der Waals surface area contributed by atoms with Crippen LogP contribution >= 0.6 is 9.21 Å². The molecule has 0 bridgehead atoms. The number of methoxy groups -OCH3 is 3. The second-order valence-electron chi connectivity index (χ2n) is 4.72. The predicted octanol–water partition coefficient (Wildman–Crippen LogP) is -0.0936. The van der Waals surface area contributed by atoms with Crippen LogP contribution in [0.1, 0.15) is 20.8 Å². The van der Waals surface area contributed by atoms with E-state index in [2.05, 4.69) is 13.5 Å². The van der Waals surface area contributed by atoms with Crippen molar-refractivity contribution in [3.8, 4) is 0 Å². The molecule has 0 fully saturated rings. The Bertz CT molecular complexity index is 282. The molecule has 0 N–H and O–H groups in total. The van der Waals surface area contributed by atoms with Crippen molar-refractivity contribution in [1.82, 2.24) is 0 Å².